The first kappa shape index (κ1) is 34.8. The molecule has 0 radical (unpaired) electrons. The Bertz CT molecular complexity index is 3220. The van der Waals surface area contributed by atoms with Crippen LogP contribution < -0.4 is 4.90 Å². The SMILES string of the molecule is CC1(C)c2cc(N(c3ccc(-c4ccccc4)cc3)c3ccc4c(c3)C(C3=CC=CCC3)(c3ccccc3)c3ccccc3-4)ccc2-c2c1ccc1c2oc2ccccc21. The van der Waals surface area contributed by atoms with Crippen molar-refractivity contribution in [3.05, 3.63) is 234 Å². The number of para-hydroxylation sites is 1. The highest BCUT2D eigenvalue weighted by Crippen LogP contribution is 2.59. The molecule has 0 spiro atoms. The zero-order valence-corrected chi connectivity index (χ0v) is 33.8. The molecule has 9 aromatic rings. The molecule has 12 rings (SSSR count). The van der Waals surface area contributed by atoms with Gasteiger partial charge in [0.2, 0.25) is 0 Å². The van der Waals surface area contributed by atoms with Crippen molar-refractivity contribution in [1.82, 2.24) is 0 Å². The van der Waals surface area contributed by atoms with E-state index in [9.17, 15) is 0 Å². The third-order valence-electron chi connectivity index (χ3n) is 13.6. The Kier molecular flexibility index (Phi) is 7.65. The van der Waals surface area contributed by atoms with E-state index in [1.807, 2.05) is 0 Å². The van der Waals surface area contributed by atoms with Gasteiger partial charge in [-0.15, -0.1) is 0 Å². The van der Waals surface area contributed by atoms with Crippen molar-refractivity contribution in [2.24, 2.45) is 0 Å². The molecule has 0 bridgehead atoms. The van der Waals surface area contributed by atoms with E-state index in [1.54, 1.807) is 0 Å². The lowest BCUT2D eigenvalue weighted by molar-refractivity contribution is 0.653. The van der Waals surface area contributed by atoms with Gasteiger partial charge in [0.15, 0.2) is 0 Å². The zero-order chi connectivity index (χ0) is 40.0. The van der Waals surface area contributed by atoms with E-state index in [1.165, 1.54) is 72.2 Å². The Labute approximate surface area is 351 Å². The minimum absolute atomic E-state index is 0.236. The van der Waals surface area contributed by atoms with Gasteiger partial charge in [-0.3, -0.25) is 0 Å². The van der Waals surface area contributed by atoms with Crippen molar-refractivity contribution >= 4 is 39.0 Å². The van der Waals surface area contributed by atoms with Crippen LogP contribution in [0, 0.1) is 0 Å². The van der Waals surface area contributed by atoms with Crippen LogP contribution in [-0.4, -0.2) is 0 Å². The van der Waals surface area contributed by atoms with E-state index < -0.39 is 5.41 Å². The van der Waals surface area contributed by atoms with Crippen LogP contribution in [-0.2, 0) is 10.8 Å². The van der Waals surface area contributed by atoms with Crippen LogP contribution in [0.25, 0.3) is 55.3 Å². The predicted molar refractivity (Wildman–Crippen MR) is 250 cm³/mol. The summed E-state index contributed by atoms with van der Waals surface area (Å²) in [6.07, 6.45) is 8.98. The molecule has 1 heterocycles. The van der Waals surface area contributed by atoms with Crippen LogP contribution in [0.1, 0.15) is 54.5 Å². The lowest BCUT2D eigenvalue weighted by Crippen LogP contribution is -2.30. The topological polar surface area (TPSA) is 16.4 Å². The Morgan fingerprint density at radius 3 is 1.93 bits per heavy atom. The Hall–Kier alpha value is -7.16. The molecule has 60 heavy (non-hydrogen) atoms. The van der Waals surface area contributed by atoms with Gasteiger partial charge in [0, 0.05) is 38.8 Å². The van der Waals surface area contributed by atoms with Gasteiger partial charge in [-0.25, -0.2) is 0 Å². The molecule has 2 nitrogen and oxygen atoms in total. The normalized spacial score (nSPS) is 16.9. The fraction of sp³-hybridized carbons (Fsp3) is 0.103. The van der Waals surface area contributed by atoms with E-state index in [4.69, 9.17) is 4.42 Å². The second-order valence-electron chi connectivity index (χ2n) is 17.1. The van der Waals surface area contributed by atoms with Crippen molar-refractivity contribution in [1.29, 1.82) is 0 Å². The second-order valence-corrected chi connectivity index (χ2v) is 17.1. The number of hydrogen-bond acceptors (Lipinski definition) is 2. The summed E-state index contributed by atoms with van der Waals surface area (Å²) < 4.78 is 6.67. The summed E-state index contributed by atoms with van der Waals surface area (Å²) >= 11 is 0. The summed E-state index contributed by atoms with van der Waals surface area (Å²) in [4.78, 5) is 2.47. The number of fused-ring (bicyclic) bond motifs is 10. The fourth-order valence-electron chi connectivity index (χ4n) is 10.9. The molecule has 0 N–H and O–H groups in total. The number of rotatable bonds is 6. The predicted octanol–water partition coefficient (Wildman–Crippen LogP) is 15.6. The quantitative estimate of drug-likeness (QED) is 0.167. The highest BCUT2D eigenvalue weighted by Gasteiger charge is 2.47. The van der Waals surface area contributed by atoms with Gasteiger partial charge in [0.25, 0.3) is 0 Å². The van der Waals surface area contributed by atoms with Crippen LogP contribution in [0.5, 0.6) is 0 Å². The van der Waals surface area contributed by atoms with Gasteiger partial charge in [-0.2, -0.15) is 0 Å². The van der Waals surface area contributed by atoms with Crippen LogP contribution in [0.4, 0.5) is 17.1 Å². The highest BCUT2D eigenvalue weighted by atomic mass is 16.3. The molecule has 0 aliphatic heterocycles. The van der Waals surface area contributed by atoms with Gasteiger partial charge < -0.3 is 9.32 Å². The van der Waals surface area contributed by atoms with Gasteiger partial charge in [0.1, 0.15) is 11.2 Å². The third-order valence-corrected chi connectivity index (χ3v) is 13.6. The summed E-state index contributed by atoms with van der Waals surface area (Å²) in [5.41, 5.74) is 20.1. The third kappa shape index (κ3) is 4.94. The molecule has 2 heteroatoms. The van der Waals surface area contributed by atoms with Crippen LogP contribution in [0.3, 0.4) is 0 Å². The molecule has 286 valence electrons. The number of hydrogen-bond donors (Lipinski definition) is 0. The van der Waals surface area contributed by atoms with E-state index in [0.29, 0.717) is 0 Å². The highest BCUT2D eigenvalue weighted by molar-refractivity contribution is 6.12. The van der Waals surface area contributed by atoms with Crippen LogP contribution in [0.2, 0.25) is 0 Å². The largest absolute Gasteiger partial charge is 0.455 e. The Morgan fingerprint density at radius 1 is 0.500 bits per heavy atom. The maximum absolute atomic E-state index is 6.67. The minimum Gasteiger partial charge on any atom is -0.455 e. The first-order valence-corrected chi connectivity index (χ1v) is 21.2. The second kappa shape index (κ2) is 13.2. The van der Waals surface area contributed by atoms with Gasteiger partial charge in [-0.05, 0) is 111 Å². The standard InChI is InChI=1S/C58H43NO/c1-57(2)51-35-34-48-47-23-13-15-25-54(47)60-56(48)55(51)49-33-31-43(36-52(49)57)59(42-28-26-39(27-29-42)38-16-6-3-7-17-38)44-30-32-46-45-22-12-14-24-50(45)58(53(46)37-44,40-18-8-4-9-19-40)41-20-10-5-11-21-41/h3-10,12-20,22-37H,11,21H2,1-2H3. The fourth-order valence-corrected chi connectivity index (χ4v) is 10.9. The van der Waals surface area contributed by atoms with Crippen molar-refractivity contribution < 1.29 is 4.42 Å². The first-order chi connectivity index (χ1) is 29.5. The minimum atomic E-state index is -0.420. The molecule has 0 saturated carbocycles. The molecule has 1 aromatic heterocycles. The summed E-state index contributed by atoms with van der Waals surface area (Å²) in [6, 6.07) is 67.3. The lowest BCUT2D eigenvalue weighted by Gasteiger charge is -2.37. The first-order valence-electron chi connectivity index (χ1n) is 21.2. The molecular weight excluding hydrogens is 727 g/mol. The van der Waals surface area contributed by atoms with Crippen molar-refractivity contribution in [2.75, 3.05) is 4.90 Å². The number of benzene rings is 8. The van der Waals surface area contributed by atoms with Gasteiger partial charge in [0.05, 0.1) is 5.41 Å². The number of nitrogens with zero attached hydrogens (tertiary/aromatic N) is 1. The smallest absolute Gasteiger partial charge is 0.143 e. The molecule has 1 unspecified atom stereocenters. The monoisotopic (exact) mass is 769 g/mol. The zero-order valence-electron chi connectivity index (χ0n) is 33.8. The van der Waals surface area contributed by atoms with Crippen molar-refractivity contribution in [3.8, 4) is 33.4 Å². The summed E-state index contributed by atoms with van der Waals surface area (Å²) in [6.45, 7) is 4.73. The molecule has 0 fully saturated rings. The van der Waals surface area contributed by atoms with Gasteiger partial charge in [-0.1, -0.05) is 177 Å². The molecule has 0 amide bonds. The molecule has 1 atom stereocenters. The summed E-state index contributed by atoms with van der Waals surface area (Å²) in [5, 5.41) is 2.33. The molecular formula is C58H43NO. The van der Waals surface area contributed by atoms with Crippen LogP contribution in [0.15, 0.2) is 210 Å². The molecule has 3 aliphatic rings. The maximum atomic E-state index is 6.67. The van der Waals surface area contributed by atoms with E-state index >= 15 is 0 Å². The maximum Gasteiger partial charge on any atom is 0.143 e. The number of allylic oxidation sites excluding steroid dienone is 4. The lowest BCUT2D eigenvalue weighted by atomic mass is 9.65. The van der Waals surface area contributed by atoms with E-state index in [2.05, 4.69) is 219 Å². The van der Waals surface area contributed by atoms with Crippen molar-refractivity contribution in [3.63, 3.8) is 0 Å². The Morgan fingerprint density at radius 2 is 1.15 bits per heavy atom. The average molecular weight is 770 g/mol. The number of furan rings is 1. The van der Waals surface area contributed by atoms with E-state index in [0.717, 1.165) is 46.5 Å². The Balaban J connectivity index is 1.08. The van der Waals surface area contributed by atoms with E-state index in [-0.39, 0.29) is 5.41 Å². The molecule has 3 aliphatic carbocycles. The van der Waals surface area contributed by atoms with Gasteiger partial charge >= 0.3 is 0 Å². The average Bonchev–Trinajstić information content (AvgIpc) is 3.91. The van der Waals surface area contributed by atoms with Crippen LogP contribution >= 0.6 is 0 Å². The van der Waals surface area contributed by atoms with Crippen molar-refractivity contribution in [2.45, 2.75) is 37.5 Å². The molecule has 8 aromatic carbocycles. The number of anilines is 3. The summed E-state index contributed by atoms with van der Waals surface area (Å²) in [5.74, 6) is 0. The molecule has 0 saturated heterocycles. The summed E-state index contributed by atoms with van der Waals surface area (Å²) in [7, 11) is 0.